The van der Waals surface area contributed by atoms with Gasteiger partial charge >= 0.3 is 7.25 Å². The van der Waals surface area contributed by atoms with E-state index in [-0.39, 0.29) is 0 Å². The van der Waals surface area contributed by atoms with E-state index in [1.54, 1.807) is 0 Å². The van der Waals surface area contributed by atoms with Crippen molar-refractivity contribution in [2.75, 3.05) is 0 Å². The van der Waals surface area contributed by atoms with Crippen LogP contribution in [0.2, 0.25) is 0 Å². The lowest BCUT2D eigenvalue weighted by Crippen LogP contribution is -2.02. The second kappa shape index (κ2) is 4.88. The number of nitrogens with zero attached hydrogens (tertiary/aromatic N) is 2. The van der Waals surface area contributed by atoms with Crippen LogP contribution in [-0.2, 0) is 6.54 Å². The van der Waals surface area contributed by atoms with Gasteiger partial charge in [-0.15, -0.1) is 0 Å². The van der Waals surface area contributed by atoms with Crippen molar-refractivity contribution < 1.29 is 17.3 Å². The lowest BCUT2D eigenvalue weighted by Gasteiger charge is -1.94. The van der Waals surface area contributed by atoms with Crippen molar-refractivity contribution in [1.29, 1.82) is 0 Å². The summed E-state index contributed by atoms with van der Waals surface area (Å²) in [5.41, 5.74) is 1.09. The Balaban J connectivity index is 0.000000252. The molecule has 1 heterocycles. The van der Waals surface area contributed by atoms with E-state index in [2.05, 4.69) is 16.5 Å². The number of aryl methyl sites for hydroxylation is 2. The molecule has 0 saturated heterocycles. The second-order valence-electron chi connectivity index (χ2n) is 2.34. The molecule has 0 saturated carbocycles. The van der Waals surface area contributed by atoms with Crippen molar-refractivity contribution in [3.8, 4) is 0 Å². The van der Waals surface area contributed by atoms with Gasteiger partial charge in [0.05, 0.1) is 12.0 Å². The fourth-order valence-electron chi connectivity index (χ4n) is 0.645. The molecule has 76 valence electrons. The van der Waals surface area contributed by atoms with E-state index in [0.717, 1.165) is 12.2 Å². The molecule has 0 fully saturated rings. The Morgan fingerprint density at radius 3 is 2.00 bits per heavy atom. The average molecular weight is 197 g/mol. The SMILES string of the molecule is CCn1cnc(C)c1.F[B-](F)(F)F. The van der Waals surface area contributed by atoms with Crippen molar-refractivity contribution in [3.05, 3.63) is 18.2 Å². The number of imidazole rings is 1. The van der Waals surface area contributed by atoms with Crippen molar-refractivity contribution in [2.24, 2.45) is 0 Å². The molecule has 0 aliphatic heterocycles. The molecule has 2 nitrogen and oxygen atoms in total. The van der Waals surface area contributed by atoms with Crippen LogP contribution in [0.4, 0.5) is 17.3 Å². The largest absolute Gasteiger partial charge is 0.673 e. The van der Waals surface area contributed by atoms with Crippen LogP contribution in [0.5, 0.6) is 0 Å². The van der Waals surface area contributed by atoms with E-state index in [1.165, 1.54) is 0 Å². The van der Waals surface area contributed by atoms with Gasteiger partial charge in [-0.25, -0.2) is 4.98 Å². The standard InChI is InChI=1S/C6H10N2.BF4/c1-3-8-4-6(2)7-5-8;2-1(3,4)5/h4-5H,3H2,1-2H3;/q;-1. The Labute approximate surface area is 73.7 Å². The van der Waals surface area contributed by atoms with E-state index in [4.69, 9.17) is 0 Å². The quantitative estimate of drug-likeness (QED) is 0.499. The first-order chi connectivity index (χ1) is 5.83. The van der Waals surface area contributed by atoms with E-state index in [0.29, 0.717) is 0 Å². The van der Waals surface area contributed by atoms with Gasteiger partial charge in [-0.1, -0.05) is 0 Å². The molecule has 1 rings (SSSR count). The molecule has 0 bridgehead atoms. The van der Waals surface area contributed by atoms with Crippen LogP contribution in [0, 0.1) is 6.92 Å². The molecule has 1 aromatic rings. The Kier molecular flexibility index (Phi) is 4.51. The van der Waals surface area contributed by atoms with Crippen LogP contribution in [0.3, 0.4) is 0 Å². The van der Waals surface area contributed by atoms with Crippen LogP contribution >= 0.6 is 0 Å². The maximum atomic E-state index is 9.75. The number of rotatable bonds is 1. The fourth-order valence-corrected chi connectivity index (χ4v) is 0.645. The first kappa shape index (κ1) is 12.0. The third-order valence-electron chi connectivity index (χ3n) is 1.13. The highest BCUT2D eigenvalue weighted by Gasteiger charge is 2.20. The summed E-state index contributed by atoms with van der Waals surface area (Å²) in [5.74, 6) is 0. The molecule has 0 unspecified atom stereocenters. The summed E-state index contributed by atoms with van der Waals surface area (Å²) >= 11 is 0. The molecule has 0 spiro atoms. The molecule has 0 atom stereocenters. The van der Waals surface area contributed by atoms with Gasteiger partial charge in [0.25, 0.3) is 0 Å². The Morgan fingerprint density at radius 2 is 1.85 bits per heavy atom. The van der Waals surface area contributed by atoms with Crippen molar-refractivity contribution in [1.82, 2.24) is 9.55 Å². The molecular weight excluding hydrogens is 187 g/mol. The van der Waals surface area contributed by atoms with Crippen molar-refractivity contribution in [2.45, 2.75) is 20.4 Å². The van der Waals surface area contributed by atoms with Gasteiger partial charge in [-0.05, 0) is 13.8 Å². The number of aromatic nitrogens is 2. The normalized spacial score (nSPS) is 10.6. The fraction of sp³-hybridized carbons (Fsp3) is 0.500. The Morgan fingerprint density at radius 1 is 1.38 bits per heavy atom. The Bertz CT molecular complexity index is 239. The molecule has 13 heavy (non-hydrogen) atoms. The summed E-state index contributed by atoms with van der Waals surface area (Å²) in [7, 11) is -6.00. The summed E-state index contributed by atoms with van der Waals surface area (Å²) in [6.45, 7) is 5.11. The smallest absolute Gasteiger partial charge is 0.418 e. The summed E-state index contributed by atoms with van der Waals surface area (Å²) in [6.07, 6.45) is 3.87. The highest BCUT2D eigenvalue weighted by atomic mass is 19.5. The predicted octanol–water partition coefficient (Wildman–Crippen LogP) is 2.51. The molecule has 7 heteroatoms. The van der Waals surface area contributed by atoms with Crippen LogP contribution in [0.25, 0.3) is 0 Å². The highest BCUT2D eigenvalue weighted by Crippen LogP contribution is 2.06. The Hall–Kier alpha value is -1.01. The van der Waals surface area contributed by atoms with Gasteiger partial charge in [0.1, 0.15) is 0 Å². The monoisotopic (exact) mass is 197 g/mol. The molecular formula is C6H10BF4N2-. The number of hydrogen-bond donors (Lipinski definition) is 0. The number of halogens is 4. The second-order valence-corrected chi connectivity index (χ2v) is 2.34. The summed E-state index contributed by atoms with van der Waals surface area (Å²) in [4.78, 5) is 4.05. The topological polar surface area (TPSA) is 17.8 Å². The molecule has 1 aromatic heterocycles. The van der Waals surface area contributed by atoms with Gasteiger partial charge < -0.3 is 21.8 Å². The van der Waals surface area contributed by atoms with Gasteiger partial charge in [0.2, 0.25) is 0 Å². The van der Waals surface area contributed by atoms with Crippen molar-refractivity contribution in [3.63, 3.8) is 0 Å². The maximum Gasteiger partial charge on any atom is 0.673 e. The first-order valence-electron chi connectivity index (χ1n) is 3.68. The molecule has 0 N–H and O–H groups in total. The minimum Gasteiger partial charge on any atom is -0.418 e. The third-order valence-corrected chi connectivity index (χ3v) is 1.13. The van der Waals surface area contributed by atoms with E-state index < -0.39 is 7.25 Å². The average Bonchev–Trinajstić information content (AvgIpc) is 2.31. The van der Waals surface area contributed by atoms with Gasteiger partial charge in [-0.3, -0.25) is 0 Å². The zero-order chi connectivity index (χ0) is 10.5. The minimum atomic E-state index is -6.00. The lowest BCUT2D eigenvalue weighted by atomic mass is 10.3. The summed E-state index contributed by atoms with van der Waals surface area (Å²) < 4.78 is 41.1. The summed E-state index contributed by atoms with van der Waals surface area (Å²) in [6, 6.07) is 0. The summed E-state index contributed by atoms with van der Waals surface area (Å²) in [5, 5.41) is 0. The van der Waals surface area contributed by atoms with E-state index >= 15 is 0 Å². The van der Waals surface area contributed by atoms with Gasteiger partial charge in [-0.2, -0.15) is 0 Å². The van der Waals surface area contributed by atoms with Gasteiger partial charge in [0, 0.05) is 12.7 Å². The minimum absolute atomic E-state index is 1.01. The highest BCUT2D eigenvalue weighted by molar-refractivity contribution is 6.50. The molecule has 0 aliphatic rings. The van der Waals surface area contributed by atoms with Gasteiger partial charge in [0.15, 0.2) is 0 Å². The van der Waals surface area contributed by atoms with Crippen LogP contribution in [0.15, 0.2) is 12.5 Å². The molecule has 0 amide bonds. The van der Waals surface area contributed by atoms with E-state index in [9.17, 15) is 17.3 Å². The van der Waals surface area contributed by atoms with Crippen LogP contribution < -0.4 is 0 Å². The lowest BCUT2D eigenvalue weighted by molar-refractivity contribution is 0.368. The first-order valence-corrected chi connectivity index (χ1v) is 3.68. The predicted molar refractivity (Wildman–Crippen MR) is 42.8 cm³/mol. The molecule has 0 radical (unpaired) electrons. The maximum absolute atomic E-state index is 9.75. The third kappa shape index (κ3) is 8.90. The molecule has 0 aliphatic carbocycles. The molecule has 0 aromatic carbocycles. The van der Waals surface area contributed by atoms with Crippen LogP contribution in [0.1, 0.15) is 12.6 Å². The number of hydrogen-bond acceptors (Lipinski definition) is 1. The van der Waals surface area contributed by atoms with Crippen molar-refractivity contribution >= 4 is 7.25 Å². The van der Waals surface area contributed by atoms with E-state index in [1.807, 2.05) is 19.4 Å². The zero-order valence-electron chi connectivity index (χ0n) is 7.35. The zero-order valence-corrected chi connectivity index (χ0v) is 7.35. The van der Waals surface area contributed by atoms with Crippen LogP contribution in [-0.4, -0.2) is 16.8 Å².